The number of rotatable bonds is 7. The normalized spacial score (nSPS) is 12.5. The van der Waals surface area contributed by atoms with E-state index in [1.807, 2.05) is 13.8 Å². The molecule has 0 heterocycles. The van der Waals surface area contributed by atoms with Gasteiger partial charge in [-0.05, 0) is 39.7 Å². The van der Waals surface area contributed by atoms with Crippen LogP contribution in [-0.4, -0.2) is 16.6 Å². The van der Waals surface area contributed by atoms with Gasteiger partial charge in [0.1, 0.15) is 5.75 Å². The van der Waals surface area contributed by atoms with Crippen LogP contribution in [0.15, 0.2) is 18.2 Å². The van der Waals surface area contributed by atoms with Crippen LogP contribution < -0.4 is 4.74 Å². The zero-order valence-corrected chi connectivity index (χ0v) is 12.5. The van der Waals surface area contributed by atoms with Crippen molar-refractivity contribution < 1.29 is 14.8 Å². The van der Waals surface area contributed by atoms with Crippen LogP contribution in [0.1, 0.15) is 45.3 Å². The third kappa shape index (κ3) is 5.04. The third-order valence-corrected chi connectivity index (χ3v) is 3.16. The van der Waals surface area contributed by atoms with Crippen molar-refractivity contribution >= 4 is 5.69 Å². The summed E-state index contributed by atoms with van der Waals surface area (Å²) in [5.74, 6) is 0.436. The highest BCUT2D eigenvalue weighted by atomic mass is 16.6. The lowest BCUT2D eigenvalue weighted by Gasteiger charge is -2.16. The summed E-state index contributed by atoms with van der Waals surface area (Å²) in [4.78, 5) is 10.2. The Bertz CT molecular complexity index is 547. The van der Waals surface area contributed by atoms with Gasteiger partial charge in [0.05, 0.1) is 29.1 Å². The van der Waals surface area contributed by atoms with Crippen LogP contribution in [0.4, 0.5) is 5.69 Å². The molecule has 1 atom stereocenters. The molecule has 114 valence electrons. The Kier molecular flexibility index (Phi) is 5.68. The van der Waals surface area contributed by atoms with Gasteiger partial charge in [0.25, 0.3) is 5.69 Å². The maximum absolute atomic E-state index is 10.7. The highest BCUT2D eigenvalue weighted by Gasteiger charge is 2.17. The summed E-state index contributed by atoms with van der Waals surface area (Å²) >= 11 is 0. The van der Waals surface area contributed by atoms with Gasteiger partial charge < -0.3 is 9.84 Å². The van der Waals surface area contributed by atoms with Gasteiger partial charge in [-0.3, -0.25) is 10.1 Å². The van der Waals surface area contributed by atoms with E-state index in [4.69, 9.17) is 10.00 Å². The number of nitrogens with zero attached hydrogens (tertiary/aromatic N) is 2. The number of hydrogen-bond acceptors (Lipinski definition) is 5. The van der Waals surface area contributed by atoms with E-state index in [-0.39, 0.29) is 5.69 Å². The number of nitro benzene ring substituents is 1. The molecule has 1 aromatic rings. The molecule has 1 N–H and O–H groups in total. The van der Waals surface area contributed by atoms with Gasteiger partial charge in [-0.15, -0.1) is 0 Å². The van der Waals surface area contributed by atoms with Crippen molar-refractivity contribution in [3.8, 4) is 11.8 Å². The van der Waals surface area contributed by atoms with Crippen molar-refractivity contribution in [2.24, 2.45) is 5.41 Å². The molecule has 6 heteroatoms. The molecule has 0 spiro atoms. The fraction of sp³-hybridized carbons (Fsp3) is 0.533. The Morgan fingerprint density at radius 1 is 1.52 bits per heavy atom. The van der Waals surface area contributed by atoms with E-state index in [0.717, 1.165) is 0 Å². The van der Waals surface area contributed by atoms with Crippen LogP contribution in [0, 0.1) is 26.9 Å². The first kappa shape index (κ1) is 16.9. The molecule has 0 aliphatic heterocycles. The maximum atomic E-state index is 10.7. The van der Waals surface area contributed by atoms with Gasteiger partial charge >= 0.3 is 0 Å². The number of non-ortho nitro benzene ring substituents is 1. The molecule has 0 fully saturated rings. The molecule has 0 saturated carbocycles. The zero-order valence-electron chi connectivity index (χ0n) is 12.5. The second-order valence-corrected chi connectivity index (χ2v) is 5.60. The Labute approximate surface area is 124 Å². The number of aliphatic hydroxyl groups is 1. The van der Waals surface area contributed by atoms with Crippen molar-refractivity contribution in [3.05, 3.63) is 33.9 Å². The molecule has 21 heavy (non-hydrogen) atoms. The number of benzene rings is 1. The first-order valence-electron chi connectivity index (χ1n) is 6.77. The van der Waals surface area contributed by atoms with E-state index in [2.05, 4.69) is 6.07 Å². The van der Waals surface area contributed by atoms with Crippen molar-refractivity contribution in [1.29, 1.82) is 5.26 Å². The number of aliphatic hydroxyl groups excluding tert-OH is 1. The van der Waals surface area contributed by atoms with E-state index in [9.17, 15) is 15.2 Å². The average Bonchev–Trinajstić information content (AvgIpc) is 2.43. The molecule has 0 amide bonds. The number of hydrogen-bond donors (Lipinski definition) is 1. The van der Waals surface area contributed by atoms with Crippen LogP contribution >= 0.6 is 0 Å². The van der Waals surface area contributed by atoms with Gasteiger partial charge in [-0.1, -0.05) is 0 Å². The average molecular weight is 292 g/mol. The first-order chi connectivity index (χ1) is 9.76. The molecule has 1 aromatic carbocycles. The molecular formula is C15H20N2O4. The highest BCUT2D eigenvalue weighted by Crippen LogP contribution is 2.30. The minimum absolute atomic E-state index is 0.0798. The molecule has 0 radical (unpaired) electrons. The van der Waals surface area contributed by atoms with Crippen LogP contribution in [-0.2, 0) is 0 Å². The monoisotopic (exact) mass is 292 g/mol. The smallest absolute Gasteiger partial charge is 0.270 e. The molecule has 0 bridgehead atoms. The Hall–Kier alpha value is -2.13. The molecular weight excluding hydrogens is 272 g/mol. The van der Waals surface area contributed by atoms with Crippen LogP contribution in [0.25, 0.3) is 0 Å². The second-order valence-electron chi connectivity index (χ2n) is 5.60. The quantitative estimate of drug-likeness (QED) is 0.472. The second kappa shape index (κ2) is 7.04. The fourth-order valence-electron chi connectivity index (χ4n) is 1.86. The maximum Gasteiger partial charge on any atom is 0.270 e. The Balaban J connectivity index is 2.71. The number of nitriles is 1. The fourth-order valence-corrected chi connectivity index (χ4v) is 1.86. The van der Waals surface area contributed by atoms with Gasteiger partial charge in [-0.25, -0.2) is 0 Å². The predicted octanol–water partition coefficient (Wildman–Crippen LogP) is 3.36. The van der Waals surface area contributed by atoms with Crippen molar-refractivity contribution in [2.45, 2.75) is 39.7 Å². The van der Waals surface area contributed by atoms with Gasteiger partial charge in [0, 0.05) is 17.7 Å². The van der Waals surface area contributed by atoms with Crippen molar-refractivity contribution in [1.82, 2.24) is 0 Å². The minimum Gasteiger partial charge on any atom is -0.493 e. The largest absolute Gasteiger partial charge is 0.493 e. The first-order valence-corrected chi connectivity index (χ1v) is 6.77. The SMILES string of the molecule is C[C@@H](O)c1cc([N+](=O)[O-])ccc1OCCCC(C)(C)C#N. The van der Waals surface area contributed by atoms with Crippen LogP contribution in [0.3, 0.4) is 0 Å². The lowest BCUT2D eigenvalue weighted by Crippen LogP contribution is -2.10. The molecule has 1 rings (SSSR count). The van der Waals surface area contributed by atoms with Gasteiger partial charge in [0.15, 0.2) is 0 Å². The summed E-state index contributed by atoms with van der Waals surface area (Å²) in [7, 11) is 0. The topological polar surface area (TPSA) is 96.4 Å². The molecule has 6 nitrogen and oxygen atoms in total. The zero-order chi connectivity index (χ0) is 16.0. The molecule has 0 unspecified atom stereocenters. The van der Waals surface area contributed by atoms with E-state index < -0.39 is 16.4 Å². The summed E-state index contributed by atoms with van der Waals surface area (Å²) in [5.41, 5.74) is -0.0843. The van der Waals surface area contributed by atoms with E-state index in [1.54, 1.807) is 0 Å². The van der Waals surface area contributed by atoms with Crippen LogP contribution in [0.2, 0.25) is 0 Å². The molecule has 0 aliphatic rings. The van der Waals surface area contributed by atoms with Crippen molar-refractivity contribution in [2.75, 3.05) is 6.61 Å². The highest BCUT2D eigenvalue weighted by molar-refractivity contribution is 5.44. The van der Waals surface area contributed by atoms with E-state index in [0.29, 0.717) is 30.8 Å². The Morgan fingerprint density at radius 3 is 2.71 bits per heavy atom. The molecule has 0 aliphatic carbocycles. The lowest BCUT2D eigenvalue weighted by atomic mass is 9.90. The summed E-state index contributed by atoms with van der Waals surface area (Å²) in [6.45, 7) is 5.65. The standard InChI is InChI=1S/C15H20N2O4/c1-11(18)13-9-12(17(19)20)5-6-14(13)21-8-4-7-15(2,3)10-16/h5-6,9,11,18H,4,7-8H2,1-3H3/t11-/m1/s1. The Morgan fingerprint density at radius 2 is 2.19 bits per heavy atom. The summed E-state index contributed by atoms with van der Waals surface area (Å²) in [6, 6.07) is 6.38. The summed E-state index contributed by atoms with van der Waals surface area (Å²) < 4.78 is 5.58. The van der Waals surface area contributed by atoms with Gasteiger partial charge in [-0.2, -0.15) is 5.26 Å². The minimum atomic E-state index is -0.851. The lowest BCUT2D eigenvalue weighted by molar-refractivity contribution is -0.385. The number of ether oxygens (including phenoxy) is 1. The van der Waals surface area contributed by atoms with Crippen LogP contribution in [0.5, 0.6) is 5.75 Å². The van der Waals surface area contributed by atoms with Gasteiger partial charge in [0.2, 0.25) is 0 Å². The number of nitro groups is 1. The van der Waals surface area contributed by atoms with E-state index >= 15 is 0 Å². The predicted molar refractivity (Wildman–Crippen MR) is 77.9 cm³/mol. The summed E-state index contributed by atoms with van der Waals surface area (Å²) in [6.07, 6.45) is 0.535. The molecule has 0 saturated heterocycles. The third-order valence-electron chi connectivity index (χ3n) is 3.16. The summed E-state index contributed by atoms with van der Waals surface area (Å²) in [5, 5.41) is 29.4. The van der Waals surface area contributed by atoms with Crippen molar-refractivity contribution in [3.63, 3.8) is 0 Å². The molecule has 0 aromatic heterocycles. The van der Waals surface area contributed by atoms with E-state index in [1.165, 1.54) is 25.1 Å².